The number of carbonyl (C=O) groups excluding carboxylic acids is 1. The van der Waals surface area contributed by atoms with Crippen LogP contribution in [0.25, 0.3) is 0 Å². The quantitative estimate of drug-likeness (QED) is 0.712. The van der Waals surface area contributed by atoms with Gasteiger partial charge in [-0.1, -0.05) is 18.2 Å². The number of benzene rings is 2. The summed E-state index contributed by atoms with van der Waals surface area (Å²) in [6.45, 7) is 7.17. The summed E-state index contributed by atoms with van der Waals surface area (Å²) in [5, 5.41) is 17.6. The van der Waals surface area contributed by atoms with Gasteiger partial charge in [-0.05, 0) is 80.0 Å². The van der Waals surface area contributed by atoms with E-state index in [2.05, 4.69) is 6.07 Å². The Bertz CT molecular complexity index is 1130. The fraction of sp³-hybridized carbons (Fsp3) is 0.346. The van der Waals surface area contributed by atoms with E-state index in [0.717, 1.165) is 46.4 Å². The first-order valence-electron chi connectivity index (χ1n) is 10.8. The molecule has 4 rings (SSSR count). The Morgan fingerprint density at radius 1 is 1.10 bits per heavy atom. The summed E-state index contributed by atoms with van der Waals surface area (Å²) in [4.78, 5) is 15.1. The molecule has 1 saturated heterocycles. The fourth-order valence-corrected chi connectivity index (χ4v) is 4.25. The number of carbonyl (C=O) groups is 1. The van der Waals surface area contributed by atoms with Gasteiger partial charge in [0.05, 0.1) is 17.3 Å². The van der Waals surface area contributed by atoms with Gasteiger partial charge < -0.3 is 10.6 Å². The van der Waals surface area contributed by atoms with Crippen LogP contribution in [0.5, 0.6) is 0 Å². The topological polar surface area (TPSA) is 94.0 Å². The van der Waals surface area contributed by atoms with Crippen LogP contribution in [0, 0.1) is 36.5 Å². The summed E-state index contributed by atoms with van der Waals surface area (Å²) < 4.78 is 0. The third-order valence-corrected chi connectivity index (χ3v) is 6.58. The van der Waals surface area contributed by atoms with Crippen LogP contribution in [-0.2, 0) is 0 Å². The number of rotatable bonds is 5. The maximum Gasteiger partial charge on any atom is 0.254 e. The van der Waals surface area contributed by atoms with Gasteiger partial charge in [-0.3, -0.25) is 10.2 Å². The van der Waals surface area contributed by atoms with Crippen molar-refractivity contribution in [3.63, 3.8) is 0 Å². The summed E-state index contributed by atoms with van der Waals surface area (Å²) in [6.07, 6.45) is 2.20. The van der Waals surface area contributed by atoms with Crippen molar-refractivity contribution in [2.45, 2.75) is 39.5 Å². The molecule has 158 valence electrons. The molecule has 5 nitrogen and oxygen atoms in total. The lowest BCUT2D eigenvalue weighted by atomic mass is 9.88. The van der Waals surface area contributed by atoms with E-state index in [4.69, 9.17) is 16.4 Å². The molecule has 1 aliphatic heterocycles. The number of nitrogens with one attached hydrogen (secondary N) is 1. The Hall–Kier alpha value is -3.39. The minimum absolute atomic E-state index is 0.00763. The highest BCUT2D eigenvalue weighted by molar-refractivity contribution is 6.12. The second-order valence-corrected chi connectivity index (χ2v) is 8.85. The van der Waals surface area contributed by atoms with Crippen molar-refractivity contribution >= 4 is 11.6 Å². The van der Waals surface area contributed by atoms with Crippen LogP contribution in [0.3, 0.4) is 0 Å². The van der Waals surface area contributed by atoms with Crippen molar-refractivity contribution in [3.8, 4) is 6.07 Å². The van der Waals surface area contributed by atoms with E-state index in [1.165, 1.54) is 0 Å². The molecule has 0 radical (unpaired) electrons. The molecule has 1 amide bonds. The summed E-state index contributed by atoms with van der Waals surface area (Å²) in [6, 6.07) is 13.6. The predicted octanol–water partition coefficient (Wildman–Crippen LogP) is 4.43. The first-order valence-corrected chi connectivity index (χ1v) is 10.8. The van der Waals surface area contributed by atoms with Gasteiger partial charge in [0.15, 0.2) is 0 Å². The highest BCUT2D eigenvalue weighted by Gasteiger charge is 2.33. The minimum atomic E-state index is 0.00763. The molecule has 1 saturated carbocycles. The molecule has 31 heavy (non-hydrogen) atoms. The van der Waals surface area contributed by atoms with Gasteiger partial charge in [0.1, 0.15) is 0 Å². The SMILES string of the molecule is CC(C(=N)c1cc(C(=O)N2CC(c3ccc(C#N)cc3)C2)c(C)cc1C)=C(N)C1CC1. The average Bonchev–Trinajstić information content (AvgIpc) is 3.57. The van der Waals surface area contributed by atoms with E-state index in [0.29, 0.717) is 41.8 Å². The molecular weight excluding hydrogens is 384 g/mol. The first kappa shape index (κ1) is 20.9. The molecule has 0 aromatic heterocycles. The normalized spacial score (nSPS) is 16.9. The Balaban J connectivity index is 1.52. The maximum atomic E-state index is 13.2. The second-order valence-electron chi connectivity index (χ2n) is 8.85. The smallest absolute Gasteiger partial charge is 0.254 e. The number of aryl methyl sites for hydroxylation is 2. The fourth-order valence-electron chi connectivity index (χ4n) is 4.25. The molecule has 1 aliphatic carbocycles. The van der Waals surface area contributed by atoms with Crippen LogP contribution in [0.4, 0.5) is 0 Å². The van der Waals surface area contributed by atoms with Gasteiger partial charge in [-0.15, -0.1) is 0 Å². The minimum Gasteiger partial charge on any atom is -0.402 e. The largest absolute Gasteiger partial charge is 0.402 e. The number of hydrogen-bond donors (Lipinski definition) is 2. The van der Waals surface area contributed by atoms with Crippen molar-refractivity contribution in [1.82, 2.24) is 4.90 Å². The first-order chi connectivity index (χ1) is 14.8. The van der Waals surface area contributed by atoms with Crippen LogP contribution in [0.1, 0.15) is 63.9 Å². The Kier molecular flexibility index (Phi) is 5.41. The molecule has 0 atom stereocenters. The monoisotopic (exact) mass is 412 g/mol. The number of nitrogens with two attached hydrogens (primary N) is 1. The van der Waals surface area contributed by atoms with Gasteiger partial charge in [-0.25, -0.2) is 0 Å². The number of allylic oxidation sites excluding steroid dienone is 2. The van der Waals surface area contributed by atoms with E-state index in [1.54, 1.807) is 0 Å². The molecule has 0 unspecified atom stereocenters. The Morgan fingerprint density at radius 2 is 1.71 bits per heavy atom. The number of nitrogens with zero attached hydrogens (tertiary/aromatic N) is 2. The molecular formula is C26H28N4O. The van der Waals surface area contributed by atoms with E-state index < -0.39 is 0 Å². The van der Waals surface area contributed by atoms with Crippen LogP contribution >= 0.6 is 0 Å². The van der Waals surface area contributed by atoms with E-state index in [9.17, 15) is 4.79 Å². The predicted molar refractivity (Wildman–Crippen MR) is 122 cm³/mol. The van der Waals surface area contributed by atoms with Gasteiger partial charge in [0, 0.05) is 35.8 Å². The lowest BCUT2D eigenvalue weighted by Crippen LogP contribution is -2.48. The molecule has 2 aromatic rings. The second kappa shape index (κ2) is 8.03. The molecule has 1 heterocycles. The van der Waals surface area contributed by atoms with E-state index in [1.807, 2.05) is 62.1 Å². The molecule has 3 N–H and O–H groups in total. The van der Waals surface area contributed by atoms with Crippen LogP contribution in [0.2, 0.25) is 0 Å². The standard InChI is InChI=1S/C26H28N4O/c1-15-10-16(2)23(11-22(15)25(29)17(3)24(28)20-8-9-20)26(31)30-13-21(14-30)19-6-4-18(12-27)5-7-19/h4-7,10-11,20-21,29H,8-9,13-14,28H2,1-3H3. The highest BCUT2D eigenvalue weighted by Crippen LogP contribution is 2.36. The summed E-state index contributed by atoms with van der Waals surface area (Å²) in [5.41, 5.74) is 13.4. The van der Waals surface area contributed by atoms with Crippen LogP contribution in [0.15, 0.2) is 47.7 Å². The summed E-state index contributed by atoms with van der Waals surface area (Å²) in [5.74, 6) is 0.712. The van der Waals surface area contributed by atoms with Crippen molar-refractivity contribution in [2.75, 3.05) is 13.1 Å². The molecule has 5 heteroatoms. The maximum absolute atomic E-state index is 13.2. The van der Waals surface area contributed by atoms with Gasteiger partial charge >= 0.3 is 0 Å². The highest BCUT2D eigenvalue weighted by atomic mass is 16.2. The summed E-state index contributed by atoms with van der Waals surface area (Å²) >= 11 is 0. The Labute approximate surface area is 183 Å². The average molecular weight is 413 g/mol. The Morgan fingerprint density at radius 3 is 2.29 bits per heavy atom. The zero-order chi connectivity index (χ0) is 22.3. The van der Waals surface area contributed by atoms with Crippen molar-refractivity contribution in [3.05, 3.63) is 81.0 Å². The van der Waals surface area contributed by atoms with E-state index in [-0.39, 0.29) is 5.91 Å². The zero-order valence-electron chi connectivity index (χ0n) is 18.3. The van der Waals surface area contributed by atoms with E-state index >= 15 is 0 Å². The van der Waals surface area contributed by atoms with Crippen molar-refractivity contribution in [2.24, 2.45) is 11.7 Å². The van der Waals surface area contributed by atoms with Crippen LogP contribution < -0.4 is 5.73 Å². The third kappa shape index (κ3) is 3.98. The number of amides is 1. The molecule has 2 fully saturated rings. The van der Waals surface area contributed by atoms with Crippen molar-refractivity contribution in [1.29, 1.82) is 10.7 Å². The summed E-state index contributed by atoms with van der Waals surface area (Å²) in [7, 11) is 0. The number of nitriles is 1. The van der Waals surface area contributed by atoms with Crippen LogP contribution in [-0.4, -0.2) is 29.6 Å². The van der Waals surface area contributed by atoms with Crippen molar-refractivity contribution < 1.29 is 4.79 Å². The lowest BCUT2D eigenvalue weighted by Gasteiger charge is -2.40. The molecule has 2 aromatic carbocycles. The molecule has 2 aliphatic rings. The van der Waals surface area contributed by atoms with Gasteiger partial charge in [-0.2, -0.15) is 5.26 Å². The zero-order valence-corrected chi connectivity index (χ0v) is 18.3. The lowest BCUT2D eigenvalue weighted by molar-refractivity contribution is 0.0601. The van der Waals surface area contributed by atoms with Gasteiger partial charge in [0.25, 0.3) is 5.91 Å². The number of likely N-dealkylation sites (tertiary alicyclic amines) is 1. The third-order valence-electron chi connectivity index (χ3n) is 6.58. The number of hydrogen-bond acceptors (Lipinski definition) is 4. The molecule has 0 bridgehead atoms. The molecule has 0 spiro atoms. The van der Waals surface area contributed by atoms with Gasteiger partial charge in [0.2, 0.25) is 0 Å².